The number of ether oxygens (including phenoxy) is 1. The van der Waals surface area contributed by atoms with Gasteiger partial charge in [0.15, 0.2) is 6.61 Å². The van der Waals surface area contributed by atoms with E-state index in [9.17, 15) is 14.4 Å². The van der Waals surface area contributed by atoms with E-state index in [0.717, 1.165) is 16.8 Å². The molecule has 0 aliphatic carbocycles. The van der Waals surface area contributed by atoms with Crippen molar-refractivity contribution in [2.75, 3.05) is 18.5 Å². The summed E-state index contributed by atoms with van der Waals surface area (Å²) in [5.41, 5.74) is 5.45. The van der Waals surface area contributed by atoms with Gasteiger partial charge in [0.2, 0.25) is 0 Å². The number of benzene rings is 2. The quantitative estimate of drug-likeness (QED) is 0.253. The van der Waals surface area contributed by atoms with Crippen LogP contribution in [0.4, 0.5) is 5.69 Å². The minimum absolute atomic E-state index is 0.176. The van der Waals surface area contributed by atoms with Gasteiger partial charge in [-0.2, -0.15) is 5.10 Å². The van der Waals surface area contributed by atoms with Gasteiger partial charge in [-0.15, -0.1) is 6.58 Å². The van der Waals surface area contributed by atoms with E-state index >= 15 is 0 Å². The Balaban J connectivity index is 1.87. The molecule has 162 valence electrons. The molecule has 2 aromatic carbocycles. The third kappa shape index (κ3) is 7.60. The molecule has 0 aliphatic heterocycles. The number of hydrogen-bond acceptors (Lipinski definition) is 5. The molecule has 0 aliphatic rings. The average Bonchev–Trinajstić information content (AvgIpc) is 2.73. The number of hydrazone groups is 1. The van der Waals surface area contributed by atoms with Crippen molar-refractivity contribution >= 4 is 41.2 Å². The maximum Gasteiger partial charge on any atom is 0.329 e. The van der Waals surface area contributed by atoms with Crippen molar-refractivity contribution in [3.8, 4) is 5.75 Å². The Labute approximate surface area is 185 Å². The second-order valence-corrected chi connectivity index (χ2v) is 6.95. The molecule has 0 bridgehead atoms. The Kier molecular flexibility index (Phi) is 8.78. The highest BCUT2D eigenvalue weighted by Gasteiger charge is 2.11. The summed E-state index contributed by atoms with van der Waals surface area (Å²) in [6.07, 6.45) is 2.77. The highest BCUT2D eigenvalue weighted by atomic mass is 35.5. The van der Waals surface area contributed by atoms with Crippen LogP contribution in [0.2, 0.25) is 5.02 Å². The Morgan fingerprint density at radius 2 is 1.90 bits per heavy atom. The molecule has 0 fully saturated rings. The summed E-state index contributed by atoms with van der Waals surface area (Å²) in [7, 11) is 0. The Hall–Kier alpha value is -3.65. The summed E-state index contributed by atoms with van der Waals surface area (Å²) in [6, 6.07) is 10.5. The fourth-order valence-corrected chi connectivity index (χ4v) is 2.70. The number of amides is 3. The SMILES string of the molecule is C=CCNC(=O)C(=O)N/N=C\c1ccc(OCC(=O)Nc2ccc(C)cc2C)c(Cl)c1. The summed E-state index contributed by atoms with van der Waals surface area (Å²) >= 11 is 6.19. The van der Waals surface area contributed by atoms with Gasteiger partial charge in [0, 0.05) is 12.2 Å². The number of anilines is 1. The first kappa shape index (κ1) is 23.6. The second-order valence-electron chi connectivity index (χ2n) is 6.54. The van der Waals surface area contributed by atoms with Crippen LogP contribution in [0.25, 0.3) is 0 Å². The summed E-state index contributed by atoms with van der Waals surface area (Å²) in [6.45, 7) is 7.29. The van der Waals surface area contributed by atoms with Gasteiger partial charge in [-0.05, 0) is 49.2 Å². The molecule has 0 heterocycles. The van der Waals surface area contributed by atoms with Crippen molar-refractivity contribution in [2.45, 2.75) is 13.8 Å². The number of carbonyl (C=O) groups excluding carboxylic acids is 3. The molecule has 0 saturated heterocycles. The lowest BCUT2D eigenvalue weighted by molar-refractivity contribution is -0.139. The van der Waals surface area contributed by atoms with Crippen LogP contribution in [0.15, 0.2) is 54.2 Å². The standard InChI is InChI=1S/C22H23ClN4O4/c1-4-9-24-21(29)22(30)27-25-12-16-6-8-19(17(23)11-16)31-13-20(28)26-18-7-5-14(2)10-15(18)3/h4-8,10-12H,1,9,13H2,2-3H3,(H,24,29)(H,26,28)(H,27,30)/b25-12-. The van der Waals surface area contributed by atoms with Crippen LogP contribution in [-0.4, -0.2) is 37.1 Å². The first-order valence-corrected chi connectivity index (χ1v) is 9.69. The molecular weight excluding hydrogens is 420 g/mol. The lowest BCUT2D eigenvalue weighted by Gasteiger charge is -2.11. The highest BCUT2D eigenvalue weighted by molar-refractivity contribution is 6.35. The molecule has 8 nitrogen and oxygen atoms in total. The third-order valence-corrected chi connectivity index (χ3v) is 4.26. The minimum Gasteiger partial charge on any atom is -0.482 e. The normalized spacial score (nSPS) is 10.4. The zero-order valence-corrected chi connectivity index (χ0v) is 18.0. The van der Waals surface area contributed by atoms with E-state index < -0.39 is 11.8 Å². The Bertz CT molecular complexity index is 1020. The predicted octanol–water partition coefficient (Wildman–Crippen LogP) is 2.73. The summed E-state index contributed by atoms with van der Waals surface area (Å²) in [4.78, 5) is 35.1. The highest BCUT2D eigenvalue weighted by Crippen LogP contribution is 2.25. The topological polar surface area (TPSA) is 109 Å². The maximum atomic E-state index is 12.1. The van der Waals surface area contributed by atoms with Gasteiger partial charge in [-0.25, -0.2) is 5.43 Å². The number of rotatable bonds is 8. The largest absolute Gasteiger partial charge is 0.482 e. The van der Waals surface area contributed by atoms with Gasteiger partial charge < -0.3 is 15.4 Å². The second kappa shape index (κ2) is 11.5. The molecular formula is C22H23ClN4O4. The number of halogens is 1. The molecule has 9 heteroatoms. The molecule has 2 rings (SSSR count). The predicted molar refractivity (Wildman–Crippen MR) is 120 cm³/mol. The van der Waals surface area contributed by atoms with Crippen LogP contribution in [0, 0.1) is 13.8 Å². The molecule has 2 aromatic rings. The van der Waals surface area contributed by atoms with Crippen LogP contribution in [0.5, 0.6) is 5.75 Å². The Morgan fingerprint density at radius 1 is 1.13 bits per heavy atom. The molecule has 0 unspecified atom stereocenters. The molecule has 3 amide bonds. The average molecular weight is 443 g/mol. The van der Waals surface area contributed by atoms with Gasteiger partial charge in [-0.3, -0.25) is 14.4 Å². The fraction of sp³-hybridized carbons (Fsp3) is 0.182. The number of nitrogens with zero attached hydrogens (tertiary/aromatic N) is 1. The zero-order chi connectivity index (χ0) is 22.8. The monoisotopic (exact) mass is 442 g/mol. The van der Waals surface area contributed by atoms with Crippen molar-refractivity contribution in [3.05, 3.63) is 70.8 Å². The minimum atomic E-state index is -0.904. The molecule has 31 heavy (non-hydrogen) atoms. The van der Waals surface area contributed by atoms with E-state index in [-0.39, 0.29) is 24.1 Å². The van der Waals surface area contributed by atoms with Crippen LogP contribution in [0.1, 0.15) is 16.7 Å². The number of nitrogens with one attached hydrogen (secondary N) is 3. The number of carbonyl (C=O) groups is 3. The molecule has 0 aromatic heterocycles. The summed E-state index contributed by atoms with van der Waals surface area (Å²) in [5.74, 6) is -1.72. The third-order valence-electron chi connectivity index (χ3n) is 3.96. The zero-order valence-electron chi connectivity index (χ0n) is 17.2. The molecule has 0 spiro atoms. The van der Waals surface area contributed by atoms with Crippen LogP contribution in [0.3, 0.4) is 0 Å². The van der Waals surface area contributed by atoms with E-state index in [1.54, 1.807) is 18.2 Å². The molecule has 0 saturated carbocycles. The summed E-state index contributed by atoms with van der Waals surface area (Å²) < 4.78 is 5.48. The van der Waals surface area contributed by atoms with E-state index in [0.29, 0.717) is 11.3 Å². The first-order chi connectivity index (χ1) is 14.8. The van der Waals surface area contributed by atoms with E-state index in [1.165, 1.54) is 12.3 Å². The van der Waals surface area contributed by atoms with Gasteiger partial charge >= 0.3 is 11.8 Å². The van der Waals surface area contributed by atoms with E-state index in [2.05, 4.69) is 27.7 Å². The fourth-order valence-electron chi connectivity index (χ4n) is 2.46. The summed E-state index contributed by atoms with van der Waals surface area (Å²) in [5, 5.41) is 9.08. The van der Waals surface area contributed by atoms with Crippen molar-refractivity contribution in [2.24, 2.45) is 5.10 Å². The van der Waals surface area contributed by atoms with E-state index in [4.69, 9.17) is 16.3 Å². The van der Waals surface area contributed by atoms with Crippen molar-refractivity contribution < 1.29 is 19.1 Å². The van der Waals surface area contributed by atoms with Gasteiger partial charge in [0.1, 0.15) is 5.75 Å². The molecule has 0 atom stereocenters. The lowest BCUT2D eigenvalue weighted by atomic mass is 10.1. The lowest BCUT2D eigenvalue weighted by Crippen LogP contribution is -2.37. The van der Waals surface area contributed by atoms with Crippen LogP contribution < -0.4 is 20.8 Å². The van der Waals surface area contributed by atoms with Crippen molar-refractivity contribution in [1.29, 1.82) is 0 Å². The number of hydrogen-bond donors (Lipinski definition) is 3. The van der Waals surface area contributed by atoms with Crippen molar-refractivity contribution in [3.63, 3.8) is 0 Å². The number of aryl methyl sites for hydroxylation is 2. The molecule has 0 radical (unpaired) electrons. The first-order valence-electron chi connectivity index (χ1n) is 9.31. The van der Waals surface area contributed by atoms with Crippen molar-refractivity contribution in [1.82, 2.24) is 10.7 Å². The van der Waals surface area contributed by atoms with Crippen LogP contribution in [-0.2, 0) is 14.4 Å². The van der Waals surface area contributed by atoms with Gasteiger partial charge in [0.05, 0.1) is 11.2 Å². The van der Waals surface area contributed by atoms with E-state index in [1.807, 2.05) is 32.0 Å². The smallest absolute Gasteiger partial charge is 0.329 e. The molecule has 3 N–H and O–H groups in total. The maximum absolute atomic E-state index is 12.1. The van der Waals surface area contributed by atoms with Gasteiger partial charge in [-0.1, -0.05) is 35.4 Å². The van der Waals surface area contributed by atoms with Gasteiger partial charge in [0.25, 0.3) is 5.91 Å². The van der Waals surface area contributed by atoms with Crippen LogP contribution >= 0.6 is 11.6 Å². The Morgan fingerprint density at radius 3 is 2.58 bits per heavy atom.